The first-order chi connectivity index (χ1) is 8.04. The van der Waals surface area contributed by atoms with E-state index in [0.717, 1.165) is 18.7 Å². The number of carbonyl (C=O) groups is 1. The minimum atomic E-state index is -0.250. The Morgan fingerprint density at radius 2 is 2.29 bits per heavy atom. The lowest BCUT2D eigenvalue weighted by Gasteiger charge is -2.47. The van der Waals surface area contributed by atoms with Gasteiger partial charge < -0.3 is 9.30 Å². The lowest BCUT2D eigenvalue weighted by molar-refractivity contribution is -0.136. The Balaban J connectivity index is 2.02. The van der Waals surface area contributed by atoms with E-state index in [4.69, 9.17) is 4.74 Å². The van der Waals surface area contributed by atoms with Crippen LogP contribution in [0.1, 0.15) is 38.9 Å². The number of hydrogen-bond donors (Lipinski definition) is 0. The maximum atomic E-state index is 11.9. The van der Waals surface area contributed by atoms with Gasteiger partial charge in [0.15, 0.2) is 0 Å². The van der Waals surface area contributed by atoms with Gasteiger partial charge in [-0.25, -0.2) is 4.98 Å². The molecular formula is C13H18N2O2. The number of carbonyl (C=O) groups excluding carboxylic acids is 1. The second-order valence-electron chi connectivity index (χ2n) is 5.91. The van der Waals surface area contributed by atoms with Crippen LogP contribution in [0.5, 0.6) is 0 Å². The van der Waals surface area contributed by atoms with Gasteiger partial charge in [-0.1, -0.05) is 13.8 Å². The van der Waals surface area contributed by atoms with Crippen molar-refractivity contribution in [3.63, 3.8) is 0 Å². The molecule has 3 rings (SSSR count). The van der Waals surface area contributed by atoms with Gasteiger partial charge in [0.05, 0.1) is 12.1 Å². The van der Waals surface area contributed by atoms with Crippen molar-refractivity contribution in [2.75, 3.05) is 6.61 Å². The number of hydrogen-bond acceptors (Lipinski definition) is 3. The molecule has 2 aliphatic rings. The summed E-state index contributed by atoms with van der Waals surface area (Å²) >= 11 is 0. The molecular weight excluding hydrogens is 216 g/mol. The normalized spacial score (nSPS) is 31.5. The molecule has 4 heteroatoms. The fourth-order valence-electron chi connectivity index (χ4n) is 3.30. The van der Waals surface area contributed by atoms with E-state index in [2.05, 4.69) is 9.55 Å². The van der Waals surface area contributed by atoms with Crippen molar-refractivity contribution in [3.05, 3.63) is 18.2 Å². The molecule has 4 nitrogen and oxygen atoms in total. The fourth-order valence-corrected chi connectivity index (χ4v) is 3.30. The third-order valence-corrected chi connectivity index (χ3v) is 4.17. The Morgan fingerprint density at radius 1 is 1.47 bits per heavy atom. The molecule has 0 amide bonds. The second-order valence-corrected chi connectivity index (χ2v) is 5.91. The van der Waals surface area contributed by atoms with Gasteiger partial charge in [-0.2, -0.15) is 0 Å². The summed E-state index contributed by atoms with van der Waals surface area (Å²) in [4.78, 5) is 16.3. The van der Waals surface area contributed by atoms with E-state index >= 15 is 0 Å². The van der Waals surface area contributed by atoms with Crippen molar-refractivity contribution in [2.45, 2.75) is 45.3 Å². The molecule has 1 saturated carbocycles. The summed E-state index contributed by atoms with van der Waals surface area (Å²) in [7, 11) is 0. The van der Waals surface area contributed by atoms with Crippen LogP contribution in [0.2, 0.25) is 0 Å². The van der Waals surface area contributed by atoms with E-state index in [1.807, 2.05) is 26.2 Å². The lowest BCUT2D eigenvalue weighted by Crippen LogP contribution is -2.51. The second kappa shape index (κ2) is 3.42. The van der Waals surface area contributed by atoms with Crippen molar-refractivity contribution in [2.24, 2.45) is 5.41 Å². The van der Waals surface area contributed by atoms with Crippen LogP contribution in [0.3, 0.4) is 0 Å². The number of aromatic nitrogens is 2. The average molecular weight is 234 g/mol. The quantitative estimate of drug-likeness (QED) is 0.688. The minimum Gasteiger partial charge on any atom is -0.371 e. The van der Waals surface area contributed by atoms with Crippen molar-refractivity contribution in [1.29, 1.82) is 0 Å². The molecule has 92 valence electrons. The Bertz CT molecular complexity index is 464. The van der Waals surface area contributed by atoms with Gasteiger partial charge in [0, 0.05) is 24.2 Å². The van der Waals surface area contributed by atoms with E-state index in [0.29, 0.717) is 25.4 Å². The highest BCUT2D eigenvalue weighted by Crippen LogP contribution is 2.45. The Labute approximate surface area is 101 Å². The molecule has 1 atom stereocenters. The minimum absolute atomic E-state index is 0.0541. The largest absolute Gasteiger partial charge is 0.371 e. The zero-order chi connectivity index (χ0) is 12.1. The number of fused-ring (bicyclic) bond motifs is 2. The van der Waals surface area contributed by atoms with Crippen LogP contribution in [-0.4, -0.2) is 21.9 Å². The number of ether oxygens (including phenoxy) is 1. The zero-order valence-corrected chi connectivity index (χ0v) is 10.4. The third kappa shape index (κ3) is 1.54. The van der Waals surface area contributed by atoms with Crippen LogP contribution in [-0.2, 0) is 21.7 Å². The highest BCUT2D eigenvalue weighted by molar-refractivity contribution is 5.85. The van der Waals surface area contributed by atoms with Gasteiger partial charge in [0.1, 0.15) is 18.2 Å². The summed E-state index contributed by atoms with van der Waals surface area (Å²) < 4.78 is 7.92. The molecule has 1 aromatic rings. The first-order valence-electron chi connectivity index (χ1n) is 6.17. The molecule has 1 aliphatic carbocycles. The Hall–Kier alpha value is -1.16. The standard InChI is InChI=1S/C13H18N2O2/c1-12(2)8-13(4-3-10(12)16)9-17-7-11-14-5-6-15(11)13/h5-6H,3-4,7-9H2,1-2H3. The molecule has 1 spiro atoms. The van der Waals surface area contributed by atoms with E-state index in [1.165, 1.54) is 0 Å². The Kier molecular flexibility index (Phi) is 2.20. The zero-order valence-electron chi connectivity index (χ0n) is 10.4. The van der Waals surface area contributed by atoms with Crippen LogP contribution >= 0.6 is 0 Å². The van der Waals surface area contributed by atoms with Gasteiger partial charge in [0.2, 0.25) is 0 Å². The summed E-state index contributed by atoms with van der Waals surface area (Å²) in [5.74, 6) is 1.36. The molecule has 1 aliphatic heterocycles. The summed E-state index contributed by atoms with van der Waals surface area (Å²) in [6.07, 6.45) is 6.23. The maximum absolute atomic E-state index is 11.9. The van der Waals surface area contributed by atoms with E-state index in [-0.39, 0.29) is 11.0 Å². The smallest absolute Gasteiger partial charge is 0.138 e. The maximum Gasteiger partial charge on any atom is 0.138 e. The fraction of sp³-hybridized carbons (Fsp3) is 0.692. The van der Waals surface area contributed by atoms with Crippen LogP contribution in [0.4, 0.5) is 0 Å². The Morgan fingerprint density at radius 3 is 3.06 bits per heavy atom. The summed E-state index contributed by atoms with van der Waals surface area (Å²) in [6, 6.07) is 0. The third-order valence-electron chi connectivity index (χ3n) is 4.17. The van der Waals surface area contributed by atoms with Gasteiger partial charge in [-0.15, -0.1) is 0 Å². The van der Waals surface area contributed by atoms with Gasteiger partial charge in [-0.3, -0.25) is 4.79 Å². The highest BCUT2D eigenvalue weighted by Gasteiger charge is 2.47. The van der Waals surface area contributed by atoms with Crippen LogP contribution < -0.4 is 0 Å². The number of rotatable bonds is 0. The van der Waals surface area contributed by atoms with Crippen molar-refractivity contribution in [1.82, 2.24) is 9.55 Å². The van der Waals surface area contributed by atoms with Gasteiger partial charge in [-0.05, 0) is 12.8 Å². The summed E-state index contributed by atoms with van der Waals surface area (Å²) in [5, 5.41) is 0. The highest BCUT2D eigenvalue weighted by atomic mass is 16.5. The predicted octanol–water partition coefficient (Wildman–Crippen LogP) is 1.89. The number of Topliss-reactive ketones (excluding diaryl/α,β-unsaturated/α-hetero) is 1. The first-order valence-corrected chi connectivity index (χ1v) is 6.17. The van der Waals surface area contributed by atoms with E-state index in [1.54, 1.807) is 0 Å². The number of nitrogens with zero attached hydrogens (tertiary/aromatic N) is 2. The monoisotopic (exact) mass is 234 g/mol. The molecule has 0 N–H and O–H groups in total. The molecule has 1 fully saturated rings. The van der Waals surface area contributed by atoms with E-state index < -0.39 is 0 Å². The average Bonchev–Trinajstić information content (AvgIpc) is 2.73. The molecule has 17 heavy (non-hydrogen) atoms. The van der Waals surface area contributed by atoms with E-state index in [9.17, 15) is 4.79 Å². The number of ketones is 1. The predicted molar refractivity (Wildman–Crippen MR) is 62.5 cm³/mol. The molecule has 1 aromatic heterocycles. The van der Waals surface area contributed by atoms with Crippen LogP contribution in [0, 0.1) is 5.41 Å². The van der Waals surface area contributed by atoms with Crippen LogP contribution in [0.15, 0.2) is 12.4 Å². The topological polar surface area (TPSA) is 44.1 Å². The number of imidazole rings is 1. The molecule has 1 unspecified atom stereocenters. The lowest BCUT2D eigenvalue weighted by atomic mass is 9.67. The van der Waals surface area contributed by atoms with Crippen molar-refractivity contribution < 1.29 is 9.53 Å². The molecule has 0 saturated heterocycles. The van der Waals surface area contributed by atoms with Crippen molar-refractivity contribution in [3.8, 4) is 0 Å². The molecule has 0 radical (unpaired) electrons. The summed E-state index contributed by atoms with van der Waals surface area (Å²) in [6.45, 7) is 5.37. The molecule has 0 aromatic carbocycles. The SMILES string of the molecule is CC1(C)CC2(CCC1=O)COCc1nccn12. The molecule has 2 heterocycles. The van der Waals surface area contributed by atoms with Gasteiger partial charge in [0.25, 0.3) is 0 Å². The van der Waals surface area contributed by atoms with Crippen LogP contribution in [0.25, 0.3) is 0 Å². The molecule has 0 bridgehead atoms. The van der Waals surface area contributed by atoms with Gasteiger partial charge >= 0.3 is 0 Å². The first kappa shape index (κ1) is 11.0. The van der Waals surface area contributed by atoms with Crippen molar-refractivity contribution >= 4 is 5.78 Å². The summed E-state index contributed by atoms with van der Waals surface area (Å²) in [5.41, 5.74) is -0.304.